The summed E-state index contributed by atoms with van der Waals surface area (Å²) in [6, 6.07) is 7.75. The van der Waals surface area contributed by atoms with Crippen LogP contribution >= 0.6 is 0 Å². The van der Waals surface area contributed by atoms with E-state index in [0.29, 0.717) is 0 Å². The van der Waals surface area contributed by atoms with Crippen molar-refractivity contribution < 1.29 is 9.53 Å². The lowest BCUT2D eigenvalue weighted by molar-refractivity contribution is -0.122. The molecule has 0 bridgehead atoms. The van der Waals surface area contributed by atoms with E-state index in [1.54, 1.807) is 6.21 Å². The van der Waals surface area contributed by atoms with Gasteiger partial charge in [0.05, 0.1) is 12.3 Å². The van der Waals surface area contributed by atoms with Gasteiger partial charge in [-0.2, -0.15) is 5.10 Å². The van der Waals surface area contributed by atoms with Crippen LogP contribution in [-0.4, -0.2) is 30.8 Å². The molecule has 1 amide bonds. The number of hydrogen-bond acceptors (Lipinski definition) is 4. The second-order valence-electron chi connectivity index (χ2n) is 5.33. The number of nitrogens with one attached hydrogen (secondary N) is 2. The first kappa shape index (κ1) is 13.8. The fourth-order valence-corrected chi connectivity index (χ4v) is 2.56. The number of ether oxygens (including phenoxy) is 1. The van der Waals surface area contributed by atoms with E-state index in [-0.39, 0.29) is 18.1 Å². The number of carbonyl (C=O) groups excluding carboxylic acids is 1. The number of carbonyl (C=O) groups is 1. The molecule has 0 aromatic heterocycles. The van der Waals surface area contributed by atoms with Gasteiger partial charge in [0.2, 0.25) is 0 Å². The SMILES string of the molecule is CC1Oc2ccccc2C=C1/C=N/NC(=O)[C@@H]1CCCN1. The average molecular weight is 285 g/mol. The van der Waals surface area contributed by atoms with E-state index in [2.05, 4.69) is 15.8 Å². The van der Waals surface area contributed by atoms with Gasteiger partial charge in [-0.1, -0.05) is 18.2 Å². The predicted molar refractivity (Wildman–Crippen MR) is 82.2 cm³/mol. The van der Waals surface area contributed by atoms with Crippen molar-refractivity contribution >= 4 is 18.2 Å². The largest absolute Gasteiger partial charge is 0.485 e. The topological polar surface area (TPSA) is 62.7 Å². The van der Waals surface area contributed by atoms with Crippen molar-refractivity contribution in [2.45, 2.75) is 31.9 Å². The zero-order valence-electron chi connectivity index (χ0n) is 12.0. The summed E-state index contributed by atoms with van der Waals surface area (Å²) in [6.07, 6.45) is 5.52. The molecule has 0 spiro atoms. The third-order valence-corrected chi connectivity index (χ3v) is 3.78. The molecule has 5 heteroatoms. The summed E-state index contributed by atoms with van der Waals surface area (Å²) in [6.45, 7) is 2.86. The van der Waals surface area contributed by atoms with Gasteiger partial charge in [-0.05, 0) is 38.5 Å². The zero-order valence-corrected chi connectivity index (χ0v) is 12.0. The van der Waals surface area contributed by atoms with Crippen LogP contribution in [0.15, 0.2) is 34.9 Å². The van der Waals surface area contributed by atoms with Crippen molar-refractivity contribution in [3.63, 3.8) is 0 Å². The Labute approximate surface area is 124 Å². The first-order valence-corrected chi connectivity index (χ1v) is 7.27. The highest BCUT2D eigenvalue weighted by Crippen LogP contribution is 2.28. The highest BCUT2D eigenvalue weighted by molar-refractivity contribution is 5.90. The first-order valence-electron chi connectivity index (χ1n) is 7.27. The summed E-state index contributed by atoms with van der Waals surface area (Å²) in [5.41, 5.74) is 4.55. The molecule has 3 rings (SSSR count). The Morgan fingerprint density at radius 3 is 3.14 bits per heavy atom. The van der Waals surface area contributed by atoms with Gasteiger partial charge in [-0.25, -0.2) is 5.43 Å². The normalized spacial score (nSPS) is 24.3. The van der Waals surface area contributed by atoms with Crippen LogP contribution in [0.5, 0.6) is 5.75 Å². The molecular weight excluding hydrogens is 266 g/mol. The van der Waals surface area contributed by atoms with E-state index in [1.807, 2.05) is 37.3 Å². The summed E-state index contributed by atoms with van der Waals surface area (Å²) < 4.78 is 5.82. The van der Waals surface area contributed by atoms with Crippen LogP contribution in [0.4, 0.5) is 0 Å². The molecule has 0 aliphatic carbocycles. The highest BCUT2D eigenvalue weighted by Gasteiger charge is 2.21. The second-order valence-corrected chi connectivity index (χ2v) is 5.33. The highest BCUT2D eigenvalue weighted by atomic mass is 16.5. The Morgan fingerprint density at radius 1 is 1.48 bits per heavy atom. The molecule has 1 saturated heterocycles. The van der Waals surface area contributed by atoms with Crippen LogP contribution in [-0.2, 0) is 4.79 Å². The minimum absolute atomic E-state index is 0.0749. The summed E-state index contributed by atoms with van der Waals surface area (Å²) in [5, 5.41) is 7.19. The minimum atomic E-state index is -0.114. The maximum absolute atomic E-state index is 11.8. The minimum Gasteiger partial charge on any atom is -0.485 e. The third kappa shape index (κ3) is 3.13. The molecule has 1 aromatic rings. The number of hydrazone groups is 1. The van der Waals surface area contributed by atoms with Crippen LogP contribution in [0.2, 0.25) is 0 Å². The summed E-state index contributed by atoms with van der Waals surface area (Å²) in [7, 11) is 0. The summed E-state index contributed by atoms with van der Waals surface area (Å²) in [4.78, 5) is 11.8. The monoisotopic (exact) mass is 285 g/mol. The molecule has 0 radical (unpaired) electrons. The van der Waals surface area contributed by atoms with Gasteiger partial charge in [0.15, 0.2) is 0 Å². The fraction of sp³-hybridized carbons (Fsp3) is 0.375. The molecule has 1 aromatic carbocycles. The van der Waals surface area contributed by atoms with Gasteiger partial charge in [0.1, 0.15) is 11.9 Å². The zero-order chi connectivity index (χ0) is 14.7. The molecule has 1 fully saturated rings. The molecule has 5 nitrogen and oxygen atoms in total. The maximum Gasteiger partial charge on any atom is 0.257 e. The van der Waals surface area contributed by atoms with Gasteiger partial charge < -0.3 is 10.1 Å². The van der Waals surface area contributed by atoms with Crippen molar-refractivity contribution in [3.8, 4) is 5.75 Å². The van der Waals surface area contributed by atoms with Gasteiger partial charge >= 0.3 is 0 Å². The summed E-state index contributed by atoms with van der Waals surface area (Å²) >= 11 is 0. The van der Waals surface area contributed by atoms with Crippen LogP contribution < -0.4 is 15.5 Å². The molecule has 0 saturated carbocycles. The second kappa shape index (κ2) is 6.10. The molecule has 110 valence electrons. The molecule has 2 atom stereocenters. The molecule has 2 heterocycles. The molecule has 2 N–H and O–H groups in total. The molecule has 1 unspecified atom stereocenters. The molecule has 2 aliphatic rings. The average Bonchev–Trinajstić information content (AvgIpc) is 3.02. The third-order valence-electron chi connectivity index (χ3n) is 3.78. The van der Waals surface area contributed by atoms with E-state index in [0.717, 1.165) is 36.3 Å². The lowest BCUT2D eigenvalue weighted by Gasteiger charge is -2.22. The number of benzene rings is 1. The number of para-hydroxylation sites is 1. The van der Waals surface area contributed by atoms with Gasteiger partial charge in [0.25, 0.3) is 5.91 Å². The van der Waals surface area contributed by atoms with E-state index in [9.17, 15) is 4.79 Å². The van der Waals surface area contributed by atoms with E-state index in [4.69, 9.17) is 4.74 Å². The van der Waals surface area contributed by atoms with E-state index in [1.165, 1.54) is 0 Å². The van der Waals surface area contributed by atoms with Crippen LogP contribution in [0, 0.1) is 0 Å². The lowest BCUT2D eigenvalue weighted by Crippen LogP contribution is -2.38. The fourth-order valence-electron chi connectivity index (χ4n) is 2.56. The van der Waals surface area contributed by atoms with E-state index < -0.39 is 0 Å². The maximum atomic E-state index is 11.8. The number of hydrogen-bond donors (Lipinski definition) is 2. The van der Waals surface area contributed by atoms with E-state index >= 15 is 0 Å². The van der Waals surface area contributed by atoms with Crippen LogP contribution in [0.25, 0.3) is 6.08 Å². The predicted octanol–water partition coefficient (Wildman–Crippen LogP) is 1.70. The Hall–Kier alpha value is -2.14. The number of amides is 1. The molecule has 2 aliphatic heterocycles. The van der Waals surface area contributed by atoms with Crippen LogP contribution in [0.1, 0.15) is 25.3 Å². The van der Waals surface area contributed by atoms with Crippen molar-refractivity contribution in [1.29, 1.82) is 0 Å². The molecular formula is C16H19N3O2. The Kier molecular flexibility index (Phi) is 4.01. The number of rotatable bonds is 3. The smallest absolute Gasteiger partial charge is 0.257 e. The van der Waals surface area contributed by atoms with Gasteiger partial charge in [0, 0.05) is 11.1 Å². The number of nitrogens with zero attached hydrogens (tertiary/aromatic N) is 1. The van der Waals surface area contributed by atoms with Crippen molar-refractivity contribution in [1.82, 2.24) is 10.7 Å². The Morgan fingerprint density at radius 2 is 2.33 bits per heavy atom. The Balaban J connectivity index is 1.65. The quantitative estimate of drug-likeness (QED) is 0.656. The number of fused-ring (bicyclic) bond motifs is 1. The lowest BCUT2D eigenvalue weighted by atomic mass is 10.0. The van der Waals surface area contributed by atoms with Gasteiger partial charge in [-0.15, -0.1) is 0 Å². The summed E-state index contributed by atoms with van der Waals surface area (Å²) in [5.74, 6) is 0.801. The van der Waals surface area contributed by atoms with Gasteiger partial charge in [-0.3, -0.25) is 4.79 Å². The van der Waals surface area contributed by atoms with Crippen molar-refractivity contribution in [2.75, 3.05) is 6.54 Å². The first-order chi connectivity index (χ1) is 10.2. The Bertz CT molecular complexity index is 589. The van der Waals surface area contributed by atoms with Crippen LogP contribution in [0.3, 0.4) is 0 Å². The van der Waals surface area contributed by atoms with Crippen molar-refractivity contribution in [2.24, 2.45) is 5.10 Å². The standard InChI is InChI=1S/C16H19N3O2/c1-11-13(9-12-5-2-3-7-15(12)21-11)10-18-19-16(20)14-6-4-8-17-14/h2-3,5,7,9-11,14,17H,4,6,8H2,1H3,(H,19,20)/b18-10+/t11?,14-/m0/s1. The van der Waals surface area contributed by atoms with Crippen molar-refractivity contribution in [3.05, 3.63) is 35.4 Å². The molecule has 21 heavy (non-hydrogen) atoms.